The summed E-state index contributed by atoms with van der Waals surface area (Å²) in [5.74, 6) is -0.670. The molecular weight excluding hydrogens is 172 g/mol. The van der Waals surface area contributed by atoms with Crippen LogP contribution in [0.15, 0.2) is 16.7 Å². The Labute approximate surface area is 76.1 Å². The molecule has 72 valence electrons. The van der Waals surface area contributed by atoms with E-state index in [1.54, 1.807) is 13.8 Å². The monoisotopic (exact) mass is 184 g/mol. The number of hydrogen-bond acceptors (Lipinski definition) is 3. The Balaban J connectivity index is 3.14. The number of furan rings is 1. The maximum atomic E-state index is 10.7. The second kappa shape index (κ2) is 3.22. The van der Waals surface area contributed by atoms with E-state index < -0.39 is 11.6 Å². The summed E-state index contributed by atoms with van der Waals surface area (Å²) in [5.41, 5.74) is -0.566. The number of hydrogen-bond donors (Lipinski definition) is 1. The summed E-state index contributed by atoms with van der Waals surface area (Å²) in [4.78, 5) is 10.7. The first-order valence-electron chi connectivity index (χ1n) is 3.85. The smallest absolute Gasteiger partial charge is 0.339 e. The zero-order valence-corrected chi connectivity index (χ0v) is 7.83. The highest BCUT2D eigenvalue weighted by atomic mass is 16.5. The summed E-state index contributed by atoms with van der Waals surface area (Å²) in [6.45, 7) is 3.50. The van der Waals surface area contributed by atoms with Gasteiger partial charge >= 0.3 is 5.97 Å². The molecule has 0 saturated heterocycles. The summed E-state index contributed by atoms with van der Waals surface area (Å²) in [6.07, 6.45) is 1.35. The molecule has 1 aromatic rings. The number of aromatic carboxylic acids is 1. The van der Waals surface area contributed by atoms with Crippen LogP contribution >= 0.6 is 0 Å². The largest absolute Gasteiger partial charge is 0.478 e. The van der Waals surface area contributed by atoms with Crippen LogP contribution in [0, 0.1) is 0 Å². The molecule has 0 aliphatic carbocycles. The van der Waals surface area contributed by atoms with Crippen molar-refractivity contribution in [3.8, 4) is 0 Å². The SMILES string of the molecule is COC(C)(C)c1occc1C(=O)O. The Hall–Kier alpha value is -1.29. The minimum atomic E-state index is -1.01. The van der Waals surface area contributed by atoms with Gasteiger partial charge in [-0.05, 0) is 19.9 Å². The van der Waals surface area contributed by atoms with Gasteiger partial charge in [0, 0.05) is 7.11 Å². The molecule has 1 N–H and O–H groups in total. The van der Waals surface area contributed by atoms with E-state index in [0.717, 1.165) is 0 Å². The minimum Gasteiger partial charge on any atom is -0.478 e. The maximum absolute atomic E-state index is 10.7. The van der Waals surface area contributed by atoms with Crippen LogP contribution in [0.2, 0.25) is 0 Å². The van der Waals surface area contributed by atoms with Gasteiger partial charge in [0.2, 0.25) is 0 Å². The third-order valence-corrected chi connectivity index (χ3v) is 1.95. The summed E-state index contributed by atoms with van der Waals surface area (Å²) >= 11 is 0. The van der Waals surface area contributed by atoms with Crippen molar-refractivity contribution in [1.29, 1.82) is 0 Å². The van der Waals surface area contributed by atoms with Crippen molar-refractivity contribution < 1.29 is 19.1 Å². The van der Waals surface area contributed by atoms with Crippen LogP contribution in [0.1, 0.15) is 30.0 Å². The molecule has 0 spiro atoms. The standard InChI is InChI=1S/C9H12O4/c1-9(2,12-3)7-6(8(10)11)4-5-13-7/h4-5H,1-3H3,(H,10,11). The number of methoxy groups -OCH3 is 1. The third-order valence-electron chi connectivity index (χ3n) is 1.95. The summed E-state index contributed by atoms with van der Waals surface area (Å²) in [6, 6.07) is 1.42. The average Bonchev–Trinajstić information content (AvgIpc) is 2.52. The van der Waals surface area contributed by atoms with Crippen molar-refractivity contribution in [2.24, 2.45) is 0 Å². The molecule has 0 unspecified atom stereocenters. The molecule has 0 aromatic carbocycles. The van der Waals surface area contributed by atoms with Crippen molar-refractivity contribution in [2.45, 2.75) is 19.4 Å². The van der Waals surface area contributed by atoms with E-state index in [1.165, 1.54) is 19.4 Å². The maximum Gasteiger partial charge on any atom is 0.339 e. The summed E-state index contributed by atoms with van der Waals surface area (Å²) in [7, 11) is 1.51. The number of carboxylic acid groups (broad SMARTS) is 1. The second-order valence-corrected chi connectivity index (χ2v) is 3.18. The van der Waals surface area contributed by atoms with Crippen LogP contribution in [-0.4, -0.2) is 18.2 Å². The van der Waals surface area contributed by atoms with Gasteiger partial charge in [0.25, 0.3) is 0 Å². The molecule has 4 nitrogen and oxygen atoms in total. The van der Waals surface area contributed by atoms with Crippen molar-refractivity contribution >= 4 is 5.97 Å². The van der Waals surface area contributed by atoms with Crippen LogP contribution in [0.25, 0.3) is 0 Å². The Kier molecular flexibility index (Phi) is 2.43. The zero-order valence-electron chi connectivity index (χ0n) is 7.83. The van der Waals surface area contributed by atoms with Crippen LogP contribution < -0.4 is 0 Å². The van der Waals surface area contributed by atoms with Gasteiger partial charge in [-0.25, -0.2) is 4.79 Å². The van der Waals surface area contributed by atoms with Gasteiger partial charge < -0.3 is 14.3 Å². The molecule has 0 amide bonds. The van der Waals surface area contributed by atoms with Gasteiger partial charge in [-0.15, -0.1) is 0 Å². The third kappa shape index (κ3) is 1.72. The lowest BCUT2D eigenvalue weighted by atomic mass is 10.0. The Morgan fingerprint density at radius 1 is 1.62 bits per heavy atom. The Bertz CT molecular complexity index is 311. The van der Waals surface area contributed by atoms with E-state index in [1.807, 2.05) is 0 Å². The number of carbonyl (C=O) groups is 1. The lowest BCUT2D eigenvalue weighted by molar-refractivity contribution is -0.000588. The average molecular weight is 184 g/mol. The molecule has 0 aliphatic heterocycles. The fourth-order valence-corrected chi connectivity index (χ4v) is 1.04. The Morgan fingerprint density at radius 2 is 2.23 bits per heavy atom. The van der Waals surface area contributed by atoms with Crippen LogP contribution in [0.3, 0.4) is 0 Å². The molecule has 0 aliphatic rings. The van der Waals surface area contributed by atoms with Gasteiger partial charge in [0.1, 0.15) is 16.9 Å². The normalized spacial score (nSPS) is 11.6. The fourth-order valence-electron chi connectivity index (χ4n) is 1.04. The first kappa shape index (κ1) is 9.80. The summed E-state index contributed by atoms with van der Waals surface area (Å²) in [5, 5.41) is 8.80. The van der Waals surface area contributed by atoms with Crippen LogP contribution in [0.4, 0.5) is 0 Å². The highest BCUT2D eigenvalue weighted by Crippen LogP contribution is 2.27. The van der Waals surface area contributed by atoms with Crippen molar-refractivity contribution in [3.63, 3.8) is 0 Å². The molecule has 1 rings (SSSR count). The molecule has 1 heterocycles. The molecule has 0 saturated carbocycles. The topological polar surface area (TPSA) is 59.7 Å². The number of carboxylic acids is 1. The molecule has 0 bridgehead atoms. The van der Waals surface area contributed by atoms with Gasteiger partial charge in [-0.3, -0.25) is 0 Å². The molecule has 0 radical (unpaired) electrons. The van der Waals surface area contributed by atoms with E-state index in [9.17, 15) is 4.79 Å². The van der Waals surface area contributed by atoms with Gasteiger partial charge in [-0.2, -0.15) is 0 Å². The van der Waals surface area contributed by atoms with E-state index in [2.05, 4.69) is 0 Å². The molecule has 4 heteroatoms. The van der Waals surface area contributed by atoms with E-state index in [4.69, 9.17) is 14.3 Å². The lowest BCUT2D eigenvalue weighted by Crippen LogP contribution is -2.21. The van der Waals surface area contributed by atoms with Gasteiger partial charge in [0.05, 0.1) is 6.26 Å². The second-order valence-electron chi connectivity index (χ2n) is 3.18. The first-order valence-corrected chi connectivity index (χ1v) is 3.85. The zero-order chi connectivity index (χ0) is 10.1. The molecule has 0 atom stereocenters. The lowest BCUT2D eigenvalue weighted by Gasteiger charge is -2.20. The quantitative estimate of drug-likeness (QED) is 0.778. The highest BCUT2D eigenvalue weighted by Gasteiger charge is 2.29. The minimum absolute atomic E-state index is 0.145. The van der Waals surface area contributed by atoms with Gasteiger partial charge in [-0.1, -0.05) is 0 Å². The van der Waals surface area contributed by atoms with Gasteiger partial charge in [0.15, 0.2) is 0 Å². The molecule has 13 heavy (non-hydrogen) atoms. The van der Waals surface area contributed by atoms with Crippen molar-refractivity contribution in [1.82, 2.24) is 0 Å². The van der Waals surface area contributed by atoms with Crippen molar-refractivity contribution in [2.75, 3.05) is 7.11 Å². The van der Waals surface area contributed by atoms with E-state index in [0.29, 0.717) is 5.76 Å². The number of ether oxygens (including phenoxy) is 1. The predicted octanol–water partition coefficient (Wildman–Crippen LogP) is 1.86. The predicted molar refractivity (Wildman–Crippen MR) is 45.7 cm³/mol. The molecule has 1 aromatic heterocycles. The van der Waals surface area contributed by atoms with Crippen molar-refractivity contribution in [3.05, 3.63) is 23.7 Å². The summed E-state index contributed by atoms with van der Waals surface area (Å²) < 4.78 is 10.2. The Morgan fingerprint density at radius 3 is 2.69 bits per heavy atom. The molecular formula is C9H12O4. The van der Waals surface area contributed by atoms with E-state index >= 15 is 0 Å². The number of rotatable bonds is 3. The van der Waals surface area contributed by atoms with E-state index in [-0.39, 0.29) is 5.56 Å². The highest BCUT2D eigenvalue weighted by molar-refractivity contribution is 5.88. The van der Waals surface area contributed by atoms with Crippen LogP contribution in [0.5, 0.6) is 0 Å². The fraction of sp³-hybridized carbons (Fsp3) is 0.444. The molecule has 0 fully saturated rings. The van der Waals surface area contributed by atoms with Crippen LogP contribution in [-0.2, 0) is 10.3 Å². The first-order chi connectivity index (χ1) is 5.99.